The van der Waals surface area contributed by atoms with Crippen molar-refractivity contribution in [1.29, 1.82) is 0 Å². The first-order valence-corrected chi connectivity index (χ1v) is 9.76. The molecule has 5 nitrogen and oxygen atoms in total. The van der Waals surface area contributed by atoms with E-state index in [0.29, 0.717) is 25.9 Å². The smallest absolute Gasteiger partial charge is 0.222 e. The van der Waals surface area contributed by atoms with E-state index in [1.54, 1.807) is 7.11 Å². The fourth-order valence-electron chi connectivity index (χ4n) is 3.30. The average Bonchev–Trinajstić information content (AvgIpc) is 2.73. The van der Waals surface area contributed by atoms with E-state index in [9.17, 15) is 13.6 Å². The van der Waals surface area contributed by atoms with Crippen LogP contribution in [-0.4, -0.2) is 55.6 Å². The number of carbonyl (C=O) groups is 1. The van der Waals surface area contributed by atoms with Gasteiger partial charge in [0.2, 0.25) is 5.91 Å². The van der Waals surface area contributed by atoms with E-state index in [4.69, 9.17) is 9.47 Å². The SMILES string of the molecule is COc1ccc(CN2CCN(C(=O)CCCOc3ccc(F)cc3F)CC2)cc1. The molecular formula is C22H26F2N2O3. The van der Waals surface area contributed by atoms with Crippen molar-refractivity contribution < 1.29 is 23.0 Å². The predicted molar refractivity (Wildman–Crippen MR) is 106 cm³/mol. The maximum atomic E-state index is 13.5. The maximum Gasteiger partial charge on any atom is 0.222 e. The molecule has 0 saturated carbocycles. The highest BCUT2D eigenvalue weighted by Gasteiger charge is 2.20. The predicted octanol–water partition coefficient (Wildman–Crippen LogP) is 3.48. The zero-order valence-electron chi connectivity index (χ0n) is 16.6. The van der Waals surface area contributed by atoms with Crippen LogP contribution in [0, 0.1) is 11.6 Å². The molecule has 0 unspecified atom stereocenters. The Bertz CT molecular complexity index is 806. The Labute approximate surface area is 169 Å². The van der Waals surface area contributed by atoms with Gasteiger partial charge in [-0.15, -0.1) is 0 Å². The number of halogens is 2. The van der Waals surface area contributed by atoms with Crippen LogP contribution in [0.15, 0.2) is 42.5 Å². The second-order valence-electron chi connectivity index (χ2n) is 7.03. The molecule has 2 aromatic rings. The molecule has 0 N–H and O–H groups in total. The largest absolute Gasteiger partial charge is 0.497 e. The fourth-order valence-corrected chi connectivity index (χ4v) is 3.30. The second kappa shape index (κ2) is 10.2. The first kappa shape index (κ1) is 21.0. The molecule has 156 valence electrons. The Hall–Kier alpha value is -2.67. The minimum absolute atomic E-state index is 0.00555. The number of amides is 1. The van der Waals surface area contributed by atoms with Crippen LogP contribution in [0.25, 0.3) is 0 Å². The molecule has 1 saturated heterocycles. The van der Waals surface area contributed by atoms with Crippen LogP contribution in [-0.2, 0) is 11.3 Å². The summed E-state index contributed by atoms with van der Waals surface area (Å²) in [6.07, 6.45) is 0.836. The minimum Gasteiger partial charge on any atom is -0.497 e. The molecule has 0 atom stereocenters. The van der Waals surface area contributed by atoms with E-state index in [1.165, 1.54) is 11.6 Å². The van der Waals surface area contributed by atoms with Crippen LogP contribution in [0.2, 0.25) is 0 Å². The molecule has 0 radical (unpaired) electrons. The fraction of sp³-hybridized carbons (Fsp3) is 0.409. The van der Waals surface area contributed by atoms with E-state index < -0.39 is 11.6 Å². The average molecular weight is 404 g/mol. The van der Waals surface area contributed by atoms with Gasteiger partial charge in [-0.2, -0.15) is 0 Å². The summed E-state index contributed by atoms with van der Waals surface area (Å²) in [5.74, 6) is -0.445. The standard InChI is InChI=1S/C22H26F2N2O3/c1-28-19-7-4-17(5-8-19)16-25-10-12-26(13-11-25)22(27)3-2-14-29-21-9-6-18(23)15-20(21)24/h4-9,15H,2-3,10-14,16H2,1H3. The van der Waals surface area contributed by atoms with E-state index in [-0.39, 0.29) is 18.3 Å². The maximum absolute atomic E-state index is 13.5. The van der Waals surface area contributed by atoms with E-state index in [1.807, 2.05) is 17.0 Å². The second-order valence-corrected chi connectivity index (χ2v) is 7.03. The van der Waals surface area contributed by atoms with Crippen molar-refractivity contribution in [2.24, 2.45) is 0 Å². The third-order valence-corrected chi connectivity index (χ3v) is 4.98. The molecular weight excluding hydrogens is 378 g/mol. The lowest BCUT2D eigenvalue weighted by molar-refractivity contribution is -0.133. The zero-order chi connectivity index (χ0) is 20.6. The summed E-state index contributed by atoms with van der Waals surface area (Å²) < 4.78 is 36.9. The van der Waals surface area contributed by atoms with E-state index >= 15 is 0 Å². The molecule has 7 heteroatoms. The van der Waals surface area contributed by atoms with Gasteiger partial charge >= 0.3 is 0 Å². The van der Waals surface area contributed by atoms with Gasteiger partial charge < -0.3 is 14.4 Å². The Morgan fingerprint density at radius 2 is 1.76 bits per heavy atom. The molecule has 0 aliphatic carbocycles. The number of rotatable bonds is 8. The first-order chi connectivity index (χ1) is 14.0. The summed E-state index contributed by atoms with van der Waals surface area (Å²) in [6.45, 7) is 4.11. The Morgan fingerprint density at radius 1 is 1.03 bits per heavy atom. The molecule has 0 bridgehead atoms. The number of benzene rings is 2. The molecule has 0 spiro atoms. The van der Waals surface area contributed by atoms with Crippen LogP contribution in [0.5, 0.6) is 11.5 Å². The van der Waals surface area contributed by atoms with Crippen molar-refractivity contribution in [3.63, 3.8) is 0 Å². The van der Waals surface area contributed by atoms with Crippen molar-refractivity contribution >= 4 is 5.91 Å². The quantitative estimate of drug-likeness (QED) is 0.632. The van der Waals surface area contributed by atoms with Gasteiger partial charge in [0.05, 0.1) is 13.7 Å². The highest BCUT2D eigenvalue weighted by Crippen LogP contribution is 2.18. The Morgan fingerprint density at radius 3 is 2.41 bits per heavy atom. The third kappa shape index (κ3) is 6.15. The van der Waals surface area contributed by atoms with Gasteiger partial charge in [0.15, 0.2) is 11.6 Å². The lowest BCUT2D eigenvalue weighted by Gasteiger charge is -2.34. The van der Waals surface area contributed by atoms with Gasteiger partial charge in [0.1, 0.15) is 11.6 Å². The molecule has 3 rings (SSSR count). The van der Waals surface area contributed by atoms with Gasteiger partial charge in [0.25, 0.3) is 0 Å². The summed E-state index contributed by atoms with van der Waals surface area (Å²) >= 11 is 0. The van der Waals surface area contributed by atoms with Crippen LogP contribution >= 0.6 is 0 Å². The molecule has 2 aromatic carbocycles. The molecule has 1 amide bonds. The number of carbonyl (C=O) groups excluding carboxylic acids is 1. The van der Waals surface area contributed by atoms with Crippen LogP contribution in [0.3, 0.4) is 0 Å². The normalized spacial score (nSPS) is 14.7. The molecule has 1 fully saturated rings. The Kier molecular flexibility index (Phi) is 7.41. The molecule has 1 aliphatic rings. The van der Waals surface area contributed by atoms with Crippen LogP contribution < -0.4 is 9.47 Å². The van der Waals surface area contributed by atoms with Crippen LogP contribution in [0.4, 0.5) is 8.78 Å². The summed E-state index contributed by atoms with van der Waals surface area (Å²) in [7, 11) is 1.65. The molecule has 0 aromatic heterocycles. The molecule has 29 heavy (non-hydrogen) atoms. The highest BCUT2D eigenvalue weighted by molar-refractivity contribution is 5.76. The van der Waals surface area contributed by atoms with Gasteiger partial charge in [-0.3, -0.25) is 9.69 Å². The van der Waals surface area contributed by atoms with Gasteiger partial charge in [0, 0.05) is 45.2 Å². The number of methoxy groups -OCH3 is 1. The zero-order valence-corrected chi connectivity index (χ0v) is 16.6. The van der Waals surface area contributed by atoms with E-state index in [0.717, 1.165) is 37.5 Å². The topological polar surface area (TPSA) is 42.0 Å². The highest BCUT2D eigenvalue weighted by atomic mass is 19.1. The monoisotopic (exact) mass is 404 g/mol. The summed E-state index contributed by atoms with van der Waals surface area (Å²) in [5.41, 5.74) is 1.22. The van der Waals surface area contributed by atoms with Crippen molar-refractivity contribution in [3.05, 3.63) is 59.7 Å². The number of nitrogens with zero attached hydrogens (tertiary/aromatic N) is 2. The summed E-state index contributed by atoms with van der Waals surface area (Å²) in [4.78, 5) is 16.6. The van der Waals surface area contributed by atoms with Gasteiger partial charge in [-0.1, -0.05) is 12.1 Å². The van der Waals surface area contributed by atoms with Gasteiger partial charge in [-0.25, -0.2) is 8.78 Å². The first-order valence-electron chi connectivity index (χ1n) is 9.76. The van der Waals surface area contributed by atoms with E-state index in [2.05, 4.69) is 17.0 Å². The van der Waals surface area contributed by atoms with Crippen molar-refractivity contribution in [2.45, 2.75) is 19.4 Å². The number of piperazine rings is 1. The lowest BCUT2D eigenvalue weighted by atomic mass is 10.2. The number of hydrogen-bond donors (Lipinski definition) is 0. The number of ether oxygens (including phenoxy) is 2. The summed E-state index contributed by atoms with van der Waals surface area (Å²) in [6, 6.07) is 11.2. The van der Waals surface area contributed by atoms with Crippen molar-refractivity contribution in [2.75, 3.05) is 39.9 Å². The molecule has 1 heterocycles. The number of hydrogen-bond acceptors (Lipinski definition) is 4. The van der Waals surface area contributed by atoms with Gasteiger partial charge in [-0.05, 0) is 36.2 Å². The Balaban J connectivity index is 1.35. The third-order valence-electron chi connectivity index (χ3n) is 4.98. The summed E-state index contributed by atoms with van der Waals surface area (Å²) in [5, 5.41) is 0. The van der Waals surface area contributed by atoms with Crippen molar-refractivity contribution in [3.8, 4) is 11.5 Å². The molecule has 1 aliphatic heterocycles. The minimum atomic E-state index is -0.732. The van der Waals surface area contributed by atoms with Crippen molar-refractivity contribution in [1.82, 2.24) is 9.80 Å². The lowest BCUT2D eigenvalue weighted by Crippen LogP contribution is -2.48. The van der Waals surface area contributed by atoms with Crippen LogP contribution in [0.1, 0.15) is 18.4 Å².